The Labute approximate surface area is 459 Å². The fourth-order valence-electron chi connectivity index (χ4n) is 17.3. The molecule has 16 rings (SSSR count). The summed E-state index contributed by atoms with van der Waals surface area (Å²) >= 11 is 0. The molecule has 2 bridgehead atoms. The number of para-hydroxylation sites is 2. The summed E-state index contributed by atoms with van der Waals surface area (Å²) < 4.78 is 2.40. The maximum atomic E-state index is 2.72. The van der Waals surface area contributed by atoms with Gasteiger partial charge in [0.05, 0.1) is 16.4 Å². The summed E-state index contributed by atoms with van der Waals surface area (Å²) in [4.78, 5) is 2.59. The highest BCUT2D eigenvalue weighted by atomic mass is 15.1. The van der Waals surface area contributed by atoms with Crippen molar-refractivity contribution in [1.82, 2.24) is 4.57 Å². The highest BCUT2D eigenvalue weighted by Crippen LogP contribution is 2.71. The van der Waals surface area contributed by atoms with Crippen molar-refractivity contribution in [3.8, 4) is 39.1 Å². The lowest BCUT2D eigenvalue weighted by Gasteiger charge is -2.63. The van der Waals surface area contributed by atoms with Crippen LogP contribution in [0.15, 0.2) is 231 Å². The van der Waals surface area contributed by atoms with Gasteiger partial charge in [0.1, 0.15) is 0 Å². The van der Waals surface area contributed by atoms with Crippen molar-refractivity contribution < 1.29 is 0 Å². The van der Waals surface area contributed by atoms with E-state index < -0.39 is 5.41 Å². The van der Waals surface area contributed by atoms with E-state index in [1.54, 1.807) is 11.1 Å². The van der Waals surface area contributed by atoms with Gasteiger partial charge in [0.15, 0.2) is 0 Å². The van der Waals surface area contributed by atoms with Gasteiger partial charge in [-0.25, -0.2) is 0 Å². The van der Waals surface area contributed by atoms with Gasteiger partial charge in [0.25, 0.3) is 0 Å². The van der Waals surface area contributed by atoms with E-state index >= 15 is 0 Å². The van der Waals surface area contributed by atoms with Crippen LogP contribution in [0.2, 0.25) is 0 Å². The number of anilines is 3. The molecular weight excluding hydrogens is 941 g/mol. The molecule has 0 radical (unpaired) electrons. The van der Waals surface area contributed by atoms with Gasteiger partial charge >= 0.3 is 0 Å². The predicted octanol–water partition coefficient (Wildman–Crippen LogP) is 19.7. The van der Waals surface area contributed by atoms with Crippen LogP contribution in [0.4, 0.5) is 17.1 Å². The lowest BCUT2D eigenvalue weighted by Crippen LogP contribution is -2.58. The number of fused-ring (bicyclic) bond motifs is 15. The molecule has 2 spiro atoms. The first kappa shape index (κ1) is 45.9. The fourth-order valence-corrected chi connectivity index (χ4v) is 17.3. The minimum atomic E-state index is -0.456. The zero-order valence-electron chi connectivity index (χ0n) is 45.4. The van der Waals surface area contributed by atoms with Crippen molar-refractivity contribution in [2.75, 3.05) is 4.90 Å². The Bertz CT molecular complexity index is 4140. The Kier molecular flexibility index (Phi) is 9.67. The van der Waals surface area contributed by atoms with Gasteiger partial charge in [-0.1, -0.05) is 204 Å². The van der Waals surface area contributed by atoms with E-state index in [4.69, 9.17) is 0 Å². The first-order valence-corrected chi connectivity index (χ1v) is 28.7. The molecule has 1 heterocycles. The fraction of sp³-hybridized carbons (Fsp3) is 0.211. The average molecular weight is 1010 g/mol. The molecule has 2 fully saturated rings. The van der Waals surface area contributed by atoms with Gasteiger partial charge < -0.3 is 9.47 Å². The maximum absolute atomic E-state index is 2.72. The van der Waals surface area contributed by atoms with E-state index in [1.807, 2.05) is 0 Å². The van der Waals surface area contributed by atoms with Crippen LogP contribution < -0.4 is 4.90 Å². The summed E-state index contributed by atoms with van der Waals surface area (Å²) in [6.07, 6.45) is 4.92. The van der Waals surface area contributed by atoms with E-state index in [2.05, 4.69) is 275 Å². The summed E-state index contributed by atoms with van der Waals surface area (Å²) in [6.45, 7) is 12.5. The minimum absolute atomic E-state index is 0.148. The van der Waals surface area contributed by atoms with Gasteiger partial charge in [-0.05, 0) is 187 Å². The molecule has 10 aromatic carbocycles. The Hall–Kier alpha value is -8.20. The van der Waals surface area contributed by atoms with Gasteiger partial charge in [-0.2, -0.15) is 0 Å². The molecule has 2 nitrogen and oxygen atoms in total. The number of benzene rings is 10. The number of rotatable bonds is 5. The molecule has 78 heavy (non-hydrogen) atoms. The highest BCUT2D eigenvalue weighted by molar-refractivity contribution is 6.09. The Morgan fingerprint density at radius 1 is 0.385 bits per heavy atom. The van der Waals surface area contributed by atoms with Crippen LogP contribution in [0.25, 0.3) is 60.9 Å². The largest absolute Gasteiger partial charge is 0.310 e. The summed E-state index contributed by atoms with van der Waals surface area (Å²) in [5.41, 5.74) is 26.2. The third kappa shape index (κ3) is 6.15. The predicted molar refractivity (Wildman–Crippen MR) is 325 cm³/mol. The first-order chi connectivity index (χ1) is 38.1. The number of nitrogens with zero attached hydrogens (tertiary/aromatic N) is 2. The van der Waals surface area contributed by atoms with Crippen LogP contribution in [-0.4, -0.2) is 4.57 Å². The molecule has 0 aliphatic heterocycles. The van der Waals surface area contributed by atoms with Crippen LogP contribution in [-0.2, 0) is 16.2 Å². The zero-order chi connectivity index (χ0) is 52.3. The molecule has 0 N–H and O–H groups in total. The molecule has 5 aliphatic carbocycles. The van der Waals surface area contributed by atoms with Gasteiger partial charge in [-0.15, -0.1) is 0 Å². The molecule has 0 saturated heterocycles. The monoisotopic (exact) mass is 1000 g/mol. The molecule has 5 aliphatic rings. The van der Waals surface area contributed by atoms with Crippen LogP contribution in [0.1, 0.15) is 105 Å². The third-order valence-corrected chi connectivity index (χ3v) is 20.1. The number of hydrogen-bond acceptors (Lipinski definition) is 1. The first-order valence-electron chi connectivity index (χ1n) is 28.7. The lowest BCUT2D eigenvalue weighted by atomic mass is 9.40. The molecular formula is C76H64N2. The highest BCUT2D eigenvalue weighted by Gasteiger charge is 2.63. The number of aromatic nitrogens is 1. The normalized spacial score (nSPS) is 21.2. The van der Waals surface area contributed by atoms with Gasteiger partial charge in [0, 0.05) is 44.4 Å². The number of hydrogen-bond donors (Lipinski definition) is 0. The molecule has 2 saturated carbocycles. The SMILES string of the molecule is CC1C[C@@H]2CC(C)(C)C[C@H](C1)C21c2ccccc2C2(c3ccccc3-c3ccccc32)c2ccc(N(c3ccc(-c4ccc(-n5c6ccccc6c6ccccc65)cc4)cc3)c3ccc4c(c3)C(C)(C)c3ccccc3-4)cc21. The Morgan fingerprint density at radius 3 is 1.42 bits per heavy atom. The molecule has 2 heteroatoms. The smallest absolute Gasteiger partial charge is 0.0719 e. The van der Waals surface area contributed by atoms with Crippen LogP contribution in [0, 0.1) is 23.2 Å². The molecule has 0 amide bonds. The van der Waals surface area contributed by atoms with Crippen LogP contribution >= 0.6 is 0 Å². The second-order valence-electron chi connectivity index (χ2n) is 25.2. The summed E-state index contributed by atoms with van der Waals surface area (Å²) in [5.74, 6) is 1.69. The van der Waals surface area contributed by atoms with Crippen molar-refractivity contribution >= 4 is 38.9 Å². The second-order valence-corrected chi connectivity index (χ2v) is 25.2. The van der Waals surface area contributed by atoms with Crippen LogP contribution in [0.5, 0.6) is 0 Å². The minimum Gasteiger partial charge on any atom is -0.310 e. The third-order valence-electron chi connectivity index (χ3n) is 20.1. The van der Waals surface area contributed by atoms with E-state index in [9.17, 15) is 0 Å². The van der Waals surface area contributed by atoms with Crippen molar-refractivity contribution in [2.24, 2.45) is 23.2 Å². The summed E-state index contributed by atoms with van der Waals surface area (Å²) in [7, 11) is 0. The molecule has 1 aromatic heterocycles. The molecule has 378 valence electrons. The lowest BCUT2D eigenvalue weighted by molar-refractivity contribution is -0.0137. The van der Waals surface area contributed by atoms with Crippen molar-refractivity contribution in [2.45, 2.75) is 76.5 Å². The zero-order valence-corrected chi connectivity index (χ0v) is 45.4. The van der Waals surface area contributed by atoms with E-state index in [1.165, 1.54) is 131 Å². The van der Waals surface area contributed by atoms with Gasteiger partial charge in [-0.3, -0.25) is 0 Å². The standard InChI is InChI=1S/C76H64N2/c1-48-42-51-46-73(2,3)47-52(43-48)75(51)66-26-14-15-27-67(66)76(64-24-12-7-19-58(64)59-20-8-13-25-65(59)76)68-41-39-56(45-70(68)75)77(55-38-40-60-57-18-6-11-23-63(57)74(4,5)69(60)44-55)53-34-30-49(31-35-53)50-32-36-54(37-33-50)78-71-28-16-9-21-61(71)62-22-10-17-29-72(62)78/h6-41,44-45,48,51-52H,42-43,46-47H2,1-5H3/t48?,51-,52+,75?. The summed E-state index contributed by atoms with van der Waals surface area (Å²) in [5, 5.41) is 2.56. The van der Waals surface area contributed by atoms with E-state index in [-0.39, 0.29) is 16.2 Å². The topological polar surface area (TPSA) is 8.17 Å². The van der Waals surface area contributed by atoms with Crippen LogP contribution in [0.3, 0.4) is 0 Å². The molecule has 4 atom stereocenters. The van der Waals surface area contributed by atoms with Crippen molar-refractivity contribution in [1.29, 1.82) is 0 Å². The van der Waals surface area contributed by atoms with E-state index in [0.29, 0.717) is 17.8 Å². The Morgan fingerprint density at radius 2 is 0.821 bits per heavy atom. The van der Waals surface area contributed by atoms with Gasteiger partial charge in [0.2, 0.25) is 0 Å². The molecule has 2 unspecified atom stereocenters. The molecule has 11 aromatic rings. The summed E-state index contributed by atoms with van der Waals surface area (Å²) in [6, 6.07) is 88.8. The van der Waals surface area contributed by atoms with Crippen molar-refractivity contribution in [3.05, 3.63) is 275 Å². The Balaban J connectivity index is 0.903. The van der Waals surface area contributed by atoms with Crippen molar-refractivity contribution in [3.63, 3.8) is 0 Å². The quantitative estimate of drug-likeness (QED) is 0.167. The second kappa shape index (κ2) is 16.4. The van der Waals surface area contributed by atoms with E-state index in [0.717, 1.165) is 5.69 Å². The maximum Gasteiger partial charge on any atom is 0.0719 e. The average Bonchev–Trinajstić information content (AvgIpc) is 2.64.